The Balaban J connectivity index is 0.00000157. The molecule has 2 aliphatic heterocycles. The summed E-state index contributed by atoms with van der Waals surface area (Å²) in [5.41, 5.74) is 5.44. The minimum atomic E-state index is 0. The Bertz CT molecular complexity index is 969. The van der Waals surface area contributed by atoms with Crippen LogP contribution in [0.5, 0.6) is 11.5 Å². The van der Waals surface area contributed by atoms with Crippen molar-refractivity contribution in [1.82, 2.24) is 5.32 Å². The van der Waals surface area contributed by atoms with E-state index in [1.54, 1.807) is 5.57 Å². The number of fused-ring (bicyclic) bond motifs is 4. The third kappa shape index (κ3) is 2.62. The van der Waals surface area contributed by atoms with E-state index in [4.69, 9.17) is 4.74 Å². The van der Waals surface area contributed by atoms with Gasteiger partial charge in [-0.25, -0.2) is 0 Å². The summed E-state index contributed by atoms with van der Waals surface area (Å²) in [6.45, 7) is 2.11. The van der Waals surface area contributed by atoms with Gasteiger partial charge in [-0.3, -0.25) is 0 Å². The molecule has 0 saturated carbocycles. The summed E-state index contributed by atoms with van der Waals surface area (Å²) >= 11 is 0. The molecule has 126 valence electrons. The van der Waals surface area contributed by atoms with Gasteiger partial charge in [0.25, 0.3) is 0 Å². The van der Waals surface area contributed by atoms with Crippen molar-refractivity contribution >= 4 is 28.8 Å². The molecule has 0 aliphatic carbocycles. The van der Waals surface area contributed by atoms with Crippen molar-refractivity contribution in [2.75, 3.05) is 13.1 Å². The molecule has 2 nitrogen and oxygen atoms in total. The summed E-state index contributed by atoms with van der Waals surface area (Å²) in [5, 5.41) is 6.03. The van der Waals surface area contributed by atoms with Gasteiger partial charge < -0.3 is 10.1 Å². The molecule has 0 amide bonds. The zero-order valence-electron chi connectivity index (χ0n) is 13.9. The minimum absolute atomic E-state index is 0. The molecule has 3 heteroatoms. The predicted molar refractivity (Wildman–Crippen MR) is 106 cm³/mol. The number of ether oxygens (including phenoxy) is 1. The van der Waals surface area contributed by atoms with E-state index in [-0.39, 0.29) is 12.4 Å². The van der Waals surface area contributed by atoms with E-state index in [0.717, 1.165) is 37.4 Å². The van der Waals surface area contributed by atoms with Gasteiger partial charge in [0.15, 0.2) is 0 Å². The summed E-state index contributed by atoms with van der Waals surface area (Å²) in [5.74, 6) is 1.95. The topological polar surface area (TPSA) is 21.3 Å². The van der Waals surface area contributed by atoms with Crippen molar-refractivity contribution in [1.29, 1.82) is 0 Å². The van der Waals surface area contributed by atoms with Crippen LogP contribution >= 0.6 is 12.4 Å². The highest BCUT2D eigenvalue weighted by Gasteiger charge is 2.26. The number of para-hydroxylation sites is 1. The van der Waals surface area contributed by atoms with Crippen LogP contribution in [0.1, 0.15) is 24.0 Å². The lowest BCUT2D eigenvalue weighted by atomic mass is 9.84. The van der Waals surface area contributed by atoms with Crippen LogP contribution in [-0.2, 0) is 0 Å². The van der Waals surface area contributed by atoms with E-state index in [1.165, 1.54) is 27.5 Å². The van der Waals surface area contributed by atoms with Gasteiger partial charge >= 0.3 is 0 Å². The zero-order chi connectivity index (χ0) is 15.9. The Morgan fingerprint density at radius 1 is 0.760 bits per heavy atom. The lowest BCUT2D eigenvalue weighted by Crippen LogP contribution is -2.24. The number of hydrogen-bond donors (Lipinski definition) is 1. The molecular weight excluding hydrogens is 330 g/mol. The summed E-state index contributed by atoms with van der Waals surface area (Å²) in [4.78, 5) is 0. The van der Waals surface area contributed by atoms with Crippen molar-refractivity contribution in [3.63, 3.8) is 0 Å². The molecule has 1 saturated heterocycles. The fraction of sp³-hybridized carbons (Fsp3) is 0.182. The van der Waals surface area contributed by atoms with Crippen LogP contribution in [0, 0.1) is 0 Å². The molecule has 5 rings (SSSR count). The average molecular weight is 350 g/mol. The minimum Gasteiger partial charge on any atom is -0.456 e. The Kier molecular flexibility index (Phi) is 4.24. The van der Waals surface area contributed by atoms with Crippen molar-refractivity contribution in [2.24, 2.45) is 0 Å². The molecule has 25 heavy (non-hydrogen) atoms. The highest BCUT2D eigenvalue weighted by Crippen LogP contribution is 2.48. The first-order valence-electron chi connectivity index (χ1n) is 8.64. The smallest absolute Gasteiger partial charge is 0.135 e. The number of rotatable bonds is 0. The van der Waals surface area contributed by atoms with Crippen molar-refractivity contribution < 1.29 is 4.74 Å². The van der Waals surface area contributed by atoms with Gasteiger partial charge in [-0.2, -0.15) is 0 Å². The average Bonchev–Trinajstić information content (AvgIpc) is 2.66. The third-order valence-electron chi connectivity index (χ3n) is 5.08. The number of halogens is 1. The molecule has 1 fully saturated rings. The van der Waals surface area contributed by atoms with Crippen molar-refractivity contribution in [2.45, 2.75) is 12.8 Å². The molecule has 2 heterocycles. The molecule has 0 aromatic heterocycles. The Morgan fingerprint density at radius 2 is 1.52 bits per heavy atom. The molecule has 3 aromatic rings. The second-order valence-corrected chi connectivity index (χ2v) is 6.49. The Hall–Kier alpha value is -2.29. The summed E-state index contributed by atoms with van der Waals surface area (Å²) < 4.78 is 6.26. The molecule has 0 unspecified atom stereocenters. The molecule has 0 atom stereocenters. The summed E-state index contributed by atoms with van der Waals surface area (Å²) in [6, 6.07) is 21.3. The van der Waals surface area contributed by atoms with Gasteiger partial charge in [-0.05, 0) is 54.4 Å². The number of piperidine rings is 1. The third-order valence-corrected chi connectivity index (χ3v) is 5.08. The van der Waals surface area contributed by atoms with E-state index in [0.29, 0.717) is 0 Å². The van der Waals surface area contributed by atoms with E-state index < -0.39 is 0 Å². The van der Waals surface area contributed by atoms with E-state index in [2.05, 4.69) is 66.0 Å². The van der Waals surface area contributed by atoms with Gasteiger partial charge in [0.05, 0.1) is 0 Å². The molecule has 0 spiro atoms. The van der Waals surface area contributed by atoms with E-state index in [1.807, 2.05) is 0 Å². The first-order valence-corrected chi connectivity index (χ1v) is 8.64. The van der Waals surface area contributed by atoms with Gasteiger partial charge in [0, 0.05) is 11.1 Å². The molecule has 1 N–H and O–H groups in total. The SMILES string of the molecule is Cl.c1ccc2c(c1)Oc1ccc3ccccc3c1C2=C1CCNCC1. The standard InChI is InChI=1S/C22H19NO.ClH/c1-2-6-17-15(5-1)9-10-20-22(17)21(16-11-13-23-14-12-16)18-7-3-4-8-19(18)24-20;/h1-10,23H,11-14H2;1H. The second kappa shape index (κ2) is 6.55. The highest BCUT2D eigenvalue weighted by molar-refractivity contribution is 6.03. The Morgan fingerprint density at radius 3 is 2.40 bits per heavy atom. The molecule has 0 bridgehead atoms. The summed E-state index contributed by atoms with van der Waals surface area (Å²) in [7, 11) is 0. The van der Waals surface area contributed by atoms with Gasteiger partial charge in [0.2, 0.25) is 0 Å². The maximum absolute atomic E-state index is 6.26. The van der Waals surface area contributed by atoms with Gasteiger partial charge in [-0.1, -0.05) is 54.1 Å². The Labute approximate surface area is 153 Å². The van der Waals surface area contributed by atoms with Crippen LogP contribution in [0.4, 0.5) is 0 Å². The fourth-order valence-electron chi connectivity index (χ4n) is 3.96. The zero-order valence-corrected chi connectivity index (χ0v) is 14.7. The van der Waals surface area contributed by atoms with Gasteiger partial charge in [-0.15, -0.1) is 12.4 Å². The number of nitrogens with one attached hydrogen (secondary N) is 1. The second-order valence-electron chi connectivity index (χ2n) is 6.49. The van der Waals surface area contributed by atoms with Crippen LogP contribution in [-0.4, -0.2) is 13.1 Å². The van der Waals surface area contributed by atoms with Crippen LogP contribution in [0.15, 0.2) is 66.2 Å². The van der Waals surface area contributed by atoms with E-state index >= 15 is 0 Å². The lowest BCUT2D eigenvalue weighted by molar-refractivity contribution is 0.474. The van der Waals surface area contributed by atoms with Crippen LogP contribution in [0.2, 0.25) is 0 Å². The summed E-state index contributed by atoms with van der Waals surface area (Å²) in [6.07, 6.45) is 2.21. The maximum Gasteiger partial charge on any atom is 0.135 e. The number of hydrogen-bond acceptors (Lipinski definition) is 2. The van der Waals surface area contributed by atoms with Gasteiger partial charge in [0.1, 0.15) is 11.5 Å². The van der Waals surface area contributed by atoms with Crippen molar-refractivity contribution in [3.05, 3.63) is 77.4 Å². The van der Waals surface area contributed by atoms with Crippen molar-refractivity contribution in [3.8, 4) is 11.5 Å². The number of benzene rings is 3. The highest BCUT2D eigenvalue weighted by atomic mass is 35.5. The van der Waals surface area contributed by atoms with E-state index in [9.17, 15) is 0 Å². The normalized spacial score (nSPS) is 15.8. The predicted octanol–water partition coefficient (Wildman–Crippen LogP) is 5.55. The van der Waals surface area contributed by atoms with Crippen LogP contribution < -0.4 is 10.1 Å². The molecule has 0 radical (unpaired) electrons. The first kappa shape index (κ1) is 16.2. The molecule has 3 aromatic carbocycles. The van der Waals surface area contributed by atoms with Crippen LogP contribution in [0.3, 0.4) is 0 Å². The molecule has 2 aliphatic rings. The largest absolute Gasteiger partial charge is 0.456 e. The fourth-order valence-corrected chi connectivity index (χ4v) is 3.96. The first-order chi connectivity index (χ1) is 11.9. The van der Waals surface area contributed by atoms with Crippen LogP contribution in [0.25, 0.3) is 16.3 Å². The molecular formula is C22H20ClNO. The quantitative estimate of drug-likeness (QED) is 0.449. The maximum atomic E-state index is 6.26. The lowest BCUT2D eigenvalue weighted by Gasteiger charge is -2.28. The monoisotopic (exact) mass is 349 g/mol.